The van der Waals surface area contributed by atoms with Crippen molar-refractivity contribution >= 4 is 28.5 Å². The first kappa shape index (κ1) is 19.9. The molecule has 5 rings (SSSR count). The minimum absolute atomic E-state index is 0.0848. The van der Waals surface area contributed by atoms with Crippen LogP contribution in [0.3, 0.4) is 0 Å². The van der Waals surface area contributed by atoms with Gasteiger partial charge in [0, 0.05) is 30.0 Å². The lowest BCUT2D eigenvalue weighted by Gasteiger charge is -2.25. The van der Waals surface area contributed by atoms with E-state index in [1.165, 1.54) is 10.6 Å². The second-order valence-electron chi connectivity index (χ2n) is 7.76. The van der Waals surface area contributed by atoms with E-state index in [-0.39, 0.29) is 5.91 Å². The standard InChI is InChI=1S/C26H22N4O2/c1-17-5-7-19(8-6-17)23-13-14-24(31)30(29-23)26-22(18-9-11-21(32-2)12-10-18)16-20-4-3-15-27-25(20)28-26/h3-12,15-16H,13-14H2,1-2H3. The Balaban J connectivity index is 1.67. The maximum atomic E-state index is 13.0. The molecule has 0 unspecified atom stereocenters. The van der Waals surface area contributed by atoms with Crippen molar-refractivity contribution in [1.29, 1.82) is 0 Å². The number of carbonyl (C=O) groups is 1. The molecular formula is C26H22N4O2. The monoisotopic (exact) mass is 422 g/mol. The van der Waals surface area contributed by atoms with E-state index in [9.17, 15) is 4.79 Å². The fraction of sp³-hybridized carbons (Fsp3) is 0.154. The van der Waals surface area contributed by atoms with Crippen LogP contribution in [0.5, 0.6) is 5.75 Å². The first-order valence-electron chi connectivity index (χ1n) is 10.5. The number of methoxy groups -OCH3 is 1. The van der Waals surface area contributed by atoms with Gasteiger partial charge in [-0.15, -0.1) is 0 Å². The predicted molar refractivity (Wildman–Crippen MR) is 126 cm³/mol. The average Bonchev–Trinajstić information content (AvgIpc) is 2.84. The van der Waals surface area contributed by atoms with E-state index in [1.54, 1.807) is 13.3 Å². The maximum absolute atomic E-state index is 13.0. The van der Waals surface area contributed by atoms with Crippen LogP contribution in [0.15, 0.2) is 78.0 Å². The Morgan fingerprint density at radius 3 is 2.44 bits per heavy atom. The predicted octanol–water partition coefficient (Wildman–Crippen LogP) is 5.14. The molecule has 0 radical (unpaired) electrons. The van der Waals surface area contributed by atoms with Gasteiger partial charge in [0.15, 0.2) is 11.5 Å². The smallest absolute Gasteiger partial charge is 0.249 e. The number of anilines is 1. The fourth-order valence-electron chi connectivity index (χ4n) is 3.81. The summed E-state index contributed by atoms with van der Waals surface area (Å²) >= 11 is 0. The number of aryl methyl sites for hydroxylation is 1. The molecule has 158 valence electrons. The molecule has 2 aromatic carbocycles. The molecule has 0 fully saturated rings. The number of ether oxygens (including phenoxy) is 1. The Kier molecular flexibility index (Phi) is 5.11. The number of hydrazone groups is 1. The van der Waals surface area contributed by atoms with Gasteiger partial charge in [-0.1, -0.05) is 42.0 Å². The number of rotatable bonds is 4. The Hall–Kier alpha value is -4.06. The van der Waals surface area contributed by atoms with E-state index in [1.807, 2.05) is 54.6 Å². The van der Waals surface area contributed by atoms with Crippen LogP contribution in [0.1, 0.15) is 24.0 Å². The second-order valence-corrected chi connectivity index (χ2v) is 7.76. The molecule has 0 aliphatic carbocycles. The summed E-state index contributed by atoms with van der Waals surface area (Å²) in [5, 5.41) is 7.08. The summed E-state index contributed by atoms with van der Waals surface area (Å²) in [6, 6.07) is 21.8. The summed E-state index contributed by atoms with van der Waals surface area (Å²) in [5.74, 6) is 1.16. The van der Waals surface area contributed by atoms with Crippen LogP contribution < -0.4 is 9.75 Å². The van der Waals surface area contributed by atoms with Gasteiger partial charge in [-0.05, 0) is 48.4 Å². The van der Waals surface area contributed by atoms with Gasteiger partial charge in [0.1, 0.15) is 5.75 Å². The number of pyridine rings is 2. The molecule has 2 aromatic heterocycles. The van der Waals surface area contributed by atoms with Crippen LogP contribution in [-0.4, -0.2) is 28.7 Å². The van der Waals surface area contributed by atoms with Gasteiger partial charge >= 0.3 is 0 Å². The Morgan fingerprint density at radius 1 is 0.938 bits per heavy atom. The van der Waals surface area contributed by atoms with Crippen LogP contribution in [0, 0.1) is 6.92 Å². The van der Waals surface area contributed by atoms with Crippen molar-refractivity contribution in [2.45, 2.75) is 19.8 Å². The Morgan fingerprint density at radius 2 is 1.69 bits per heavy atom. The van der Waals surface area contributed by atoms with Crippen molar-refractivity contribution < 1.29 is 9.53 Å². The topological polar surface area (TPSA) is 67.7 Å². The minimum atomic E-state index is -0.0848. The highest BCUT2D eigenvalue weighted by molar-refractivity contribution is 6.09. The molecule has 0 atom stereocenters. The zero-order valence-corrected chi connectivity index (χ0v) is 17.9. The van der Waals surface area contributed by atoms with Crippen molar-refractivity contribution in [2.24, 2.45) is 5.10 Å². The summed E-state index contributed by atoms with van der Waals surface area (Å²) in [5.41, 5.74) is 5.37. The molecule has 0 saturated heterocycles. The highest BCUT2D eigenvalue weighted by Gasteiger charge is 2.27. The lowest BCUT2D eigenvalue weighted by Crippen LogP contribution is -2.33. The third kappa shape index (κ3) is 3.71. The number of hydrogen-bond donors (Lipinski definition) is 0. The number of benzene rings is 2. The van der Waals surface area contributed by atoms with Crippen molar-refractivity contribution in [3.8, 4) is 16.9 Å². The van der Waals surface area contributed by atoms with Crippen molar-refractivity contribution in [2.75, 3.05) is 12.1 Å². The zero-order valence-electron chi connectivity index (χ0n) is 17.9. The molecule has 6 heteroatoms. The normalized spacial score (nSPS) is 13.9. The van der Waals surface area contributed by atoms with E-state index in [0.29, 0.717) is 24.3 Å². The maximum Gasteiger partial charge on any atom is 0.249 e. The summed E-state index contributed by atoms with van der Waals surface area (Å²) < 4.78 is 5.30. The lowest BCUT2D eigenvalue weighted by molar-refractivity contribution is -0.118. The van der Waals surface area contributed by atoms with Crippen molar-refractivity contribution in [1.82, 2.24) is 9.97 Å². The van der Waals surface area contributed by atoms with Gasteiger partial charge in [-0.3, -0.25) is 4.79 Å². The molecule has 4 aromatic rings. The zero-order chi connectivity index (χ0) is 22.1. The molecule has 0 N–H and O–H groups in total. The lowest BCUT2D eigenvalue weighted by atomic mass is 10.0. The molecular weight excluding hydrogens is 400 g/mol. The highest BCUT2D eigenvalue weighted by atomic mass is 16.5. The van der Waals surface area contributed by atoms with E-state index in [4.69, 9.17) is 14.8 Å². The third-order valence-electron chi connectivity index (χ3n) is 5.59. The van der Waals surface area contributed by atoms with Crippen molar-refractivity contribution in [3.63, 3.8) is 0 Å². The van der Waals surface area contributed by atoms with Gasteiger partial charge < -0.3 is 4.74 Å². The fourth-order valence-corrected chi connectivity index (χ4v) is 3.81. The summed E-state index contributed by atoms with van der Waals surface area (Å²) in [6.45, 7) is 2.05. The summed E-state index contributed by atoms with van der Waals surface area (Å²) in [7, 11) is 1.64. The average molecular weight is 422 g/mol. The third-order valence-corrected chi connectivity index (χ3v) is 5.59. The second kappa shape index (κ2) is 8.23. The Labute approximate surface area is 186 Å². The Bertz CT molecular complexity index is 1330. The number of hydrogen-bond acceptors (Lipinski definition) is 5. The largest absolute Gasteiger partial charge is 0.497 e. The molecule has 1 aliphatic heterocycles. The van der Waals surface area contributed by atoms with E-state index < -0.39 is 0 Å². The minimum Gasteiger partial charge on any atom is -0.497 e. The SMILES string of the molecule is COc1ccc(-c2cc3cccnc3nc2N2N=C(c3ccc(C)cc3)CCC2=O)cc1. The molecule has 6 nitrogen and oxygen atoms in total. The van der Waals surface area contributed by atoms with Gasteiger partial charge in [-0.25, -0.2) is 9.97 Å². The van der Waals surface area contributed by atoms with Crippen LogP contribution >= 0.6 is 0 Å². The summed E-state index contributed by atoms with van der Waals surface area (Å²) in [6.07, 6.45) is 2.67. The quantitative estimate of drug-likeness (QED) is 0.456. The van der Waals surface area contributed by atoms with Gasteiger partial charge in [0.05, 0.1) is 12.8 Å². The molecule has 32 heavy (non-hydrogen) atoms. The first-order valence-corrected chi connectivity index (χ1v) is 10.5. The van der Waals surface area contributed by atoms with Crippen LogP contribution in [0.25, 0.3) is 22.2 Å². The number of carbonyl (C=O) groups excluding carboxylic acids is 1. The van der Waals surface area contributed by atoms with E-state index >= 15 is 0 Å². The number of nitrogens with zero attached hydrogens (tertiary/aromatic N) is 4. The number of amides is 1. The van der Waals surface area contributed by atoms with Crippen LogP contribution in [0.4, 0.5) is 5.82 Å². The molecule has 0 bridgehead atoms. The highest BCUT2D eigenvalue weighted by Crippen LogP contribution is 2.35. The van der Waals surface area contributed by atoms with E-state index in [0.717, 1.165) is 33.5 Å². The van der Waals surface area contributed by atoms with Gasteiger partial charge in [-0.2, -0.15) is 10.1 Å². The molecule has 0 saturated carbocycles. The first-order chi connectivity index (χ1) is 15.6. The van der Waals surface area contributed by atoms with Crippen LogP contribution in [-0.2, 0) is 4.79 Å². The van der Waals surface area contributed by atoms with E-state index in [2.05, 4.69) is 24.0 Å². The number of fused-ring (bicyclic) bond motifs is 1. The molecule has 0 spiro atoms. The van der Waals surface area contributed by atoms with Crippen LogP contribution in [0.2, 0.25) is 0 Å². The summed E-state index contributed by atoms with van der Waals surface area (Å²) in [4.78, 5) is 22.1. The molecule has 3 heterocycles. The van der Waals surface area contributed by atoms with Crippen molar-refractivity contribution in [3.05, 3.63) is 84.1 Å². The number of aromatic nitrogens is 2. The van der Waals surface area contributed by atoms with Gasteiger partial charge in [0.2, 0.25) is 5.91 Å². The molecule has 1 aliphatic rings. The molecule has 1 amide bonds. The van der Waals surface area contributed by atoms with Gasteiger partial charge in [0.25, 0.3) is 0 Å².